The molecule has 0 saturated heterocycles. The zero-order valence-corrected chi connectivity index (χ0v) is 13.9. The minimum absolute atomic E-state index is 0.0756. The molecule has 2 N–H and O–H groups in total. The molecule has 0 heterocycles. The van der Waals surface area contributed by atoms with E-state index in [0.29, 0.717) is 34.9 Å². The number of methoxy groups -OCH3 is 2. The summed E-state index contributed by atoms with van der Waals surface area (Å²) >= 11 is 0. The predicted octanol–water partition coefficient (Wildman–Crippen LogP) is 3.30. The Hall–Kier alpha value is -3.02. The molecular formula is C18H20N2O4. The quantitative estimate of drug-likeness (QED) is 0.853. The van der Waals surface area contributed by atoms with E-state index in [0.717, 1.165) is 0 Å². The second-order valence-electron chi connectivity index (χ2n) is 5.00. The third-order valence-corrected chi connectivity index (χ3v) is 3.41. The van der Waals surface area contributed by atoms with Crippen LogP contribution in [0.1, 0.15) is 23.7 Å². The van der Waals surface area contributed by atoms with Crippen LogP contribution in [0.15, 0.2) is 42.5 Å². The van der Waals surface area contributed by atoms with Crippen LogP contribution in [0, 0.1) is 0 Å². The van der Waals surface area contributed by atoms with Gasteiger partial charge in [0.15, 0.2) is 0 Å². The molecule has 0 bridgehead atoms. The van der Waals surface area contributed by atoms with Crippen molar-refractivity contribution >= 4 is 23.2 Å². The van der Waals surface area contributed by atoms with Crippen molar-refractivity contribution in [2.24, 2.45) is 0 Å². The minimum atomic E-state index is -0.282. The van der Waals surface area contributed by atoms with Crippen molar-refractivity contribution in [3.05, 3.63) is 48.0 Å². The lowest BCUT2D eigenvalue weighted by Gasteiger charge is -2.12. The van der Waals surface area contributed by atoms with Crippen molar-refractivity contribution in [3.8, 4) is 11.5 Å². The van der Waals surface area contributed by atoms with E-state index in [-0.39, 0.29) is 11.8 Å². The third-order valence-electron chi connectivity index (χ3n) is 3.41. The maximum Gasteiger partial charge on any atom is 0.255 e. The van der Waals surface area contributed by atoms with Gasteiger partial charge in [0.1, 0.15) is 11.5 Å². The van der Waals surface area contributed by atoms with Gasteiger partial charge in [-0.25, -0.2) is 0 Å². The first-order valence-corrected chi connectivity index (χ1v) is 7.50. The SMILES string of the molecule is CCC(=O)Nc1ccc(C(=O)Nc2cc(OC)ccc2OC)cc1. The molecule has 2 amide bonds. The molecule has 0 fully saturated rings. The Morgan fingerprint density at radius 1 is 0.958 bits per heavy atom. The highest BCUT2D eigenvalue weighted by Crippen LogP contribution is 2.29. The van der Waals surface area contributed by atoms with E-state index in [9.17, 15) is 9.59 Å². The maximum atomic E-state index is 12.4. The molecule has 2 aromatic carbocycles. The second kappa shape index (κ2) is 8.01. The van der Waals surface area contributed by atoms with Gasteiger partial charge in [0, 0.05) is 23.7 Å². The van der Waals surface area contributed by atoms with Gasteiger partial charge in [0.2, 0.25) is 5.91 Å². The molecule has 2 rings (SSSR count). The summed E-state index contributed by atoms with van der Waals surface area (Å²) in [4.78, 5) is 23.7. The molecule has 0 unspecified atom stereocenters. The van der Waals surface area contributed by atoms with Gasteiger partial charge < -0.3 is 20.1 Å². The van der Waals surface area contributed by atoms with E-state index in [1.54, 1.807) is 56.5 Å². The lowest BCUT2D eigenvalue weighted by Crippen LogP contribution is -2.13. The molecule has 0 atom stereocenters. The van der Waals surface area contributed by atoms with Gasteiger partial charge in [0.05, 0.1) is 19.9 Å². The second-order valence-corrected chi connectivity index (χ2v) is 5.00. The summed E-state index contributed by atoms with van der Waals surface area (Å²) in [6, 6.07) is 11.8. The van der Waals surface area contributed by atoms with Crippen LogP contribution in [0.2, 0.25) is 0 Å². The molecule has 0 aliphatic heterocycles. The molecule has 6 nitrogen and oxygen atoms in total. The molecule has 0 aromatic heterocycles. The number of anilines is 2. The van der Waals surface area contributed by atoms with Crippen LogP contribution in [-0.2, 0) is 4.79 Å². The Bertz CT molecular complexity index is 726. The first-order valence-electron chi connectivity index (χ1n) is 7.50. The monoisotopic (exact) mass is 328 g/mol. The number of carbonyl (C=O) groups is 2. The fourth-order valence-corrected chi connectivity index (χ4v) is 2.06. The smallest absolute Gasteiger partial charge is 0.255 e. The van der Waals surface area contributed by atoms with E-state index in [4.69, 9.17) is 9.47 Å². The van der Waals surface area contributed by atoms with Crippen LogP contribution in [0.4, 0.5) is 11.4 Å². The minimum Gasteiger partial charge on any atom is -0.497 e. The van der Waals surface area contributed by atoms with Crippen molar-refractivity contribution in [2.45, 2.75) is 13.3 Å². The lowest BCUT2D eigenvalue weighted by molar-refractivity contribution is -0.115. The van der Waals surface area contributed by atoms with Crippen molar-refractivity contribution in [1.82, 2.24) is 0 Å². The lowest BCUT2D eigenvalue weighted by atomic mass is 10.1. The van der Waals surface area contributed by atoms with Gasteiger partial charge in [-0.1, -0.05) is 6.92 Å². The maximum absolute atomic E-state index is 12.4. The third kappa shape index (κ3) is 4.25. The molecule has 0 radical (unpaired) electrons. The fraction of sp³-hybridized carbons (Fsp3) is 0.222. The number of nitrogens with one attached hydrogen (secondary N) is 2. The van der Waals surface area contributed by atoms with E-state index >= 15 is 0 Å². The molecule has 0 spiro atoms. The molecule has 6 heteroatoms. The molecule has 126 valence electrons. The van der Waals surface area contributed by atoms with Gasteiger partial charge >= 0.3 is 0 Å². The summed E-state index contributed by atoms with van der Waals surface area (Å²) in [5, 5.41) is 5.53. The average molecular weight is 328 g/mol. The highest BCUT2D eigenvalue weighted by atomic mass is 16.5. The number of hydrogen-bond acceptors (Lipinski definition) is 4. The number of amides is 2. The van der Waals surface area contributed by atoms with Crippen LogP contribution in [0.25, 0.3) is 0 Å². The largest absolute Gasteiger partial charge is 0.497 e. The summed E-state index contributed by atoms with van der Waals surface area (Å²) in [7, 11) is 3.08. The number of hydrogen-bond donors (Lipinski definition) is 2. The summed E-state index contributed by atoms with van der Waals surface area (Å²) in [6.45, 7) is 1.78. The normalized spacial score (nSPS) is 9.96. The molecule has 24 heavy (non-hydrogen) atoms. The zero-order chi connectivity index (χ0) is 17.5. The Morgan fingerprint density at radius 2 is 1.67 bits per heavy atom. The van der Waals surface area contributed by atoms with Crippen molar-refractivity contribution < 1.29 is 19.1 Å². The van der Waals surface area contributed by atoms with E-state index in [2.05, 4.69) is 10.6 Å². The topological polar surface area (TPSA) is 76.7 Å². The molecular weight excluding hydrogens is 308 g/mol. The Kier molecular flexibility index (Phi) is 5.78. The Balaban J connectivity index is 2.13. The van der Waals surface area contributed by atoms with E-state index in [1.807, 2.05) is 0 Å². The van der Waals surface area contributed by atoms with Gasteiger partial charge in [-0.3, -0.25) is 9.59 Å². The Labute approximate surface area is 140 Å². The first kappa shape index (κ1) is 17.3. The van der Waals surface area contributed by atoms with Crippen molar-refractivity contribution in [3.63, 3.8) is 0 Å². The van der Waals surface area contributed by atoms with Crippen LogP contribution in [0.3, 0.4) is 0 Å². The number of rotatable bonds is 6. The number of ether oxygens (including phenoxy) is 2. The Morgan fingerprint density at radius 3 is 2.25 bits per heavy atom. The highest BCUT2D eigenvalue weighted by Gasteiger charge is 2.11. The van der Waals surface area contributed by atoms with Crippen LogP contribution in [-0.4, -0.2) is 26.0 Å². The highest BCUT2D eigenvalue weighted by molar-refractivity contribution is 6.05. The van der Waals surface area contributed by atoms with Gasteiger partial charge in [-0.05, 0) is 36.4 Å². The number of benzene rings is 2. The van der Waals surface area contributed by atoms with Gasteiger partial charge in [-0.2, -0.15) is 0 Å². The van der Waals surface area contributed by atoms with E-state index in [1.165, 1.54) is 7.11 Å². The number of carbonyl (C=O) groups excluding carboxylic acids is 2. The van der Waals surface area contributed by atoms with Gasteiger partial charge in [-0.15, -0.1) is 0 Å². The van der Waals surface area contributed by atoms with Crippen LogP contribution < -0.4 is 20.1 Å². The van der Waals surface area contributed by atoms with Crippen molar-refractivity contribution in [2.75, 3.05) is 24.9 Å². The standard InChI is InChI=1S/C18H20N2O4/c1-4-17(21)19-13-7-5-12(6-8-13)18(22)20-15-11-14(23-2)9-10-16(15)24-3/h5-11H,4H2,1-3H3,(H,19,21)(H,20,22). The van der Waals surface area contributed by atoms with Crippen LogP contribution in [0.5, 0.6) is 11.5 Å². The summed E-state index contributed by atoms with van der Waals surface area (Å²) in [6.07, 6.45) is 0.401. The average Bonchev–Trinajstić information content (AvgIpc) is 2.62. The molecule has 0 aliphatic rings. The zero-order valence-electron chi connectivity index (χ0n) is 13.9. The van der Waals surface area contributed by atoms with Crippen LogP contribution >= 0.6 is 0 Å². The molecule has 0 aliphatic carbocycles. The first-order chi connectivity index (χ1) is 11.6. The fourth-order valence-electron chi connectivity index (χ4n) is 2.06. The van der Waals surface area contributed by atoms with Crippen molar-refractivity contribution in [1.29, 1.82) is 0 Å². The summed E-state index contributed by atoms with van der Waals surface area (Å²) in [5.41, 5.74) is 1.64. The van der Waals surface area contributed by atoms with E-state index < -0.39 is 0 Å². The molecule has 0 saturated carbocycles. The predicted molar refractivity (Wildman–Crippen MR) is 92.9 cm³/mol. The summed E-state index contributed by atoms with van der Waals surface area (Å²) < 4.78 is 10.4. The molecule has 2 aromatic rings. The summed E-state index contributed by atoms with van der Waals surface area (Å²) in [5.74, 6) is 0.794. The van der Waals surface area contributed by atoms with Gasteiger partial charge in [0.25, 0.3) is 5.91 Å².